The van der Waals surface area contributed by atoms with E-state index in [1.807, 2.05) is 0 Å². The maximum Gasteiger partial charge on any atom is 0.326 e. The third kappa shape index (κ3) is 12.4. The van der Waals surface area contributed by atoms with E-state index in [1.54, 1.807) is 0 Å². The second kappa shape index (κ2) is 16.7. The number of unbranched alkanes of at least 4 members (excludes halogenated alkanes) is 2. The van der Waals surface area contributed by atoms with E-state index in [-0.39, 0.29) is 12.8 Å². The molecule has 0 heterocycles. The van der Waals surface area contributed by atoms with Crippen molar-refractivity contribution < 1.29 is 39.3 Å². The Kier molecular flexibility index (Phi) is 15.4. The van der Waals surface area contributed by atoms with E-state index < -0.39 is 66.4 Å². The third-order valence-corrected chi connectivity index (χ3v) is 4.94. The largest absolute Gasteiger partial charge is 0.481 e. The Hall–Kier alpha value is -2.81. The molecule has 0 spiro atoms. The molecule has 0 bridgehead atoms. The number of carboxylic acids is 2. The predicted molar refractivity (Wildman–Crippen MR) is 121 cm³/mol. The first-order chi connectivity index (χ1) is 15.9. The van der Waals surface area contributed by atoms with Crippen LogP contribution in [0.3, 0.4) is 0 Å². The van der Waals surface area contributed by atoms with Gasteiger partial charge in [0, 0.05) is 0 Å². The molecule has 0 saturated heterocycles. The Morgan fingerprint density at radius 3 is 1.76 bits per heavy atom. The van der Waals surface area contributed by atoms with Crippen molar-refractivity contribution in [1.82, 2.24) is 16.0 Å². The topological polar surface area (TPSA) is 260 Å². The number of nitrogens with one attached hydrogen (secondary N) is 3. The summed E-state index contributed by atoms with van der Waals surface area (Å²) < 4.78 is 0. The van der Waals surface area contributed by atoms with Gasteiger partial charge in [0.2, 0.25) is 17.7 Å². The fourth-order valence-corrected chi connectivity index (χ4v) is 2.97. The summed E-state index contributed by atoms with van der Waals surface area (Å²) in [4.78, 5) is 60.2. The van der Waals surface area contributed by atoms with Crippen LogP contribution in [-0.2, 0) is 24.0 Å². The van der Waals surface area contributed by atoms with Crippen molar-refractivity contribution in [3.05, 3.63) is 0 Å². The summed E-state index contributed by atoms with van der Waals surface area (Å²) in [5, 5.41) is 35.1. The van der Waals surface area contributed by atoms with E-state index in [0.29, 0.717) is 38.8 Å². The molecule has 0 aliphatic heterocycles. The van der Waals surface area contributed by atoms with E-state index in [0.717, 1.165) is 0 Å². The lowest BCUT2D eigenvalue weighted by Gasteiger charge is -2.26. The first-order valence-corrected chi connectivity index (χ1v) is 11.1. The number of amides is 3. The minimum atomic E-state index is -1.60. The standard InChI is InChI=1S/C20H38N6O8/c1-11(27)16(19(32)24-13(20(33)34)7-3-5-9-22)26-18(31)14(10-15(28)29)25-17(30)12(23)6-2-4-8-21/h11-14,16,27H,2-10,21-23H2,1H3,(H,24,32)(H,25,30)(H,26,31)(H,28,29)(H,33,34). The highest BCUT2D eigenvalue weighted by Gasteiger charge is 2.33. The van der Waals surface area contributed by atoms with Gasteiger partial charge in [-0.15, -0.1) is 0 Å². The highest BCUT2D eigenvalue weighted by Crippen LogP contribution is 2.05. The molecule has 0 fully saturated rings. The van der Waals surface area contributed by atoms with Crippen molar-refractivity contribution in [3.8, 4) is 0 Å². The Morgan fingerprint density at radius 2 is 1.29 bits per heavy atom. The van der Waals surface area contributed by atoms with Gasteiger partial charge in [-0.05, 0) is 52.1 Å². The lowest BCUT2D eigenvalue weighted by atomic mass is 10.1. The number of rotatable bonds is 18. The van der Waals surface area contributed by atoms with Gasteiger partial charge in [0.1, 0.15) is 18.1 Å². The zero-order valence-electron chi connectivity index (χ0n) is 19.4. The number of carboxylic acid groups (broad SMARTS) is 2. The number of aliphatic carboxylic acids is 2. The summed E-state index contributed by atoms with van der Waals surface area (Å²) >= 11 is 0. The molecule has 0 aromatic heterocycles. The second-order valence-corrected chi connectivity index (χ2v) is 7.96. The fourth-order valence-electron chi connectivity index (χ4n) is 2.97. The summed E-state index contributed by atoms with van der Waals surface area (Å²) in [6.07, 6.45) is 0.247. The molecular weight excluding hydrogens is 452 g/mol. The Balaban J connectivity index is 5.31. The number of nitrogens with two attached hydrogens (primary N) is 3. The van der Waals surface area contributed by atoms with Gasteiger partial charge < -0.3 is 48.5 Å². The Bertz CT molecular complexity index is 690. The summed E-state index contributed by atoms with van der Waals surface area (Å²) in [6.45, 7) is 1.95. The Labute approximate surface area is 198 Å². The number of aliphatic hydroxyl groups is 1. The van der Waals surface area contributed by atoms with Crippen molar-refractivity contribution in [2.24, 2.45) is 17.2 Å². The molecule has 14 nitrogen and oxygen atoms in total. The quantitative estimate of drug-likeness (QED) is 0.0872. The van der Waals surface area contributed by atoms with Crippen LogP contribution < -0.4 is 33.2 Å². The monoisotopic (exact) mass is 490 g/mol. The van der Waals surface area contributed by atoms with Gasteiger partial charge in [0.25, 0.3) is 0 Å². The SMILES string of the molecule is CC(O)C(NC(=O)C(CC(=O)O)NC(=O)C(N)CCCCN)C(=O)NC(CCCCN)C(=O)O. The number of aliphatic hydroxyl groups excluding tert-OH is 1. The Morgan fingerprint density at radius 1 is 0.765 bits per heavy atom. The van der Waals surface area contributed by atoms with Crippen LogP contribution in [0.25, 0.3) is 0 Å². The van der Waals surface area contributed by atoms with Crippen LogP contribution in [-0.4, -0.2) is 88.3 Å². The minimum absolute atomic E-state index is 0.0818. The molecular formula is C20H38N6O8. The van der Waals surface area contributed by atoms with Crippen LogP contribution in [0.4, 0.5) is 0 Å². The minimum Gasteiger partial charge on any atom is -0.481 e. The molecule has 34 heavy (non-hydrogen) atoms. The van der Waals surface area contributed by atoms with Gasteiger partial charge in [-0.2, -0.15) is 0 Å². The van der Waals surface area contributed by atoms with Crippen molar-refractivity contribution in [1.29, 1.82) is 0 Å². The molecule has 12 N–H and O–H groups in total. The number of hydrogen-bond acceptors (Lipinski definition) is 9. The molecule has 0 aromatic carbocycles. The zero-order valence-corrected chi connectivity index (χ0v) is 19.4. The molecule has 0 aromatic rings. The first-order valence-electron chi connectivity index (χ1n) is 11.1. The van der Waals surface area contributed by atoms with Crippen LogP contribution in [0.1, 0.15) is 51.9 Å². The average Bonchev–Trinajstić information content (AvgIpc) is 2.75. The highest BCUT2D eigenvalue weighted by atomic mass is 16.4. The van der Waals surface area contributed by atoms with E-state index in [2.05, 4.69) is 16.0 Å². The molecule has 0 rings (SSSR count). The van der Waals surface area contributed by atoms with Gasteiger partial charge in [-0.25, -0.2) is 4.79 Å². The lowest BCUT2D eigenvalue weighted by Crippen LogP contribution is -2.60. The normalized spacial score (nSPS) is 15.3. The predicted octanol–water partition coefficient (Wildman–Crippen LogP) is -3.03. The molecule has 5 atom stereocenters. The van der Waals surface area contributed by atoms with Gasteiger partial charge in [-0.3, -0.25) is 19.2 Å². The summed E-state index contributed by atoms with van der Waals surface area (Å²) in [5.41, 5.74) is 16.5. The molecule has 14 heteroatoms. The van der Waals surface area contributed by atoms with Gasteiger partial charge in [0.15, 0.2) is 0 Å². The van der Waals surface area contributed by atoms with E-state index in [1.165, 1.54) is 6.92 Å². The molecule has 0 radical (unpaired) electrons. The molecule has 0 aliphatic carbocycles. The number of hydrogen-bond donors (Lipinski definition) is 9. The summed E-state index contributed by atoms with van der Waals surface area (Å²) in [5.74, 6) is -5.51. The molecule has 196 valence electrons. The van der Waals surface area contributed by atoms with Crippen LogP contribution in [0, 0.1) is 0 Å². The van der Waals surface area contributed by atoms with Gasteiger partial charge in [-0.1, -0.05) is 6.42 Å². The second-order valence-electron chi connectivity index (χ2n) is 7.96. The van der Waals surface area contributed by atoms with Crippen molar-refractivity contribution in [3.63, 3.8) is 0 Å². The number of carbonyl (C=O) groups excluding carboxylic acids is 3. The fraction of sp³-hybridized carbons (Fsp3) is 0.750. The molecule has 0 aliphatic rings. The van der Waals surface area contributed by atoms with Crippen molar-refractivity contribution >= 4 is 29.7 Å². The maximum absolute atomic E-state index is 12.7. The van der Waals surface area contributed by atoms with Crippen LogP contribution in [0.5, 0.6) is 0 Å². The van der Waals surface area contributed by atoms with Gasteiger partial charge in [0.05, 0.1) is 18.6 Å². The molecule has 0 saturated carbocycles. The zero-order chi connectivity index (χ0) is 26.3. The van der Waals surface area contributed by atoms with Gasteiger partial charge >= 0.3 is 11.9 Å². The highest BCUT2D eigenvalue weighted by molar-refractivity contribution is 5.95. The number of carbonyl (C=O) groups is 5. The van der Waals surface area contributed by atoms with Crippen molar-refractivity contribution in [2.75, 3.05) is 13.1 Å². The van der Waals surface area contributed by atoms with Crippen LogP contribution >= 0.6 is 0 Å². The average molecular weight is 491 g/mol. The molecule has 3 amide bonds. The van der Waals surface area contributed by atoms with Crippen LogP contribution in [0.2, 0.25) is 0 Å². The van der Waals surface area contributed by atoms with E-state index >= 15 is 0 Å². The maximum atomic E-state index is 12.7. The van der Waals surface area contributed by atoms with E-state index in [9.17, 15) is 34.2 Å². The van der Waals surface area contributed by atoms with Crippen molar-refractivity contribution in [2.45, 2.75) is 82.1 Å². The smallest absolute Gasteiger partial charge is 0.326 e. The van der Waals surface area contributed by atoms with Crippen LogP contribution in [0.15, 0.2) is 0 Å². The molecule has 5 unspecified atom stereocenters. The summed E-state index contributed by atoms with van der Waals surface area (Å²) in [7, 11) is 0. The van der Waals surface area contributed by atoms with E-state index in [4.69, 9.17) is 22.3 Å². The summed E-state index contributed by atoms with van der Waals surface area (Å²) in [6, 6.07) is -5.47. The lowest BCUT2D eigenvalue weighted by molar-refractivity contribution is -0.144. The first kappa shape index (κ1) is 31.2. The third-order valence-electron chi connectivity index (χ3n) is 4.94.